The van der Waals surface area contributed by atoms with Crippen LogP contribution in [-0.4, -0.2) is 9.91 Å². The SMILES string of the molecule is O=[N+]([O-])c1ccc(Br)c(OCc2cncs2)c1. The van der Waals surface area contributed by atoms with Crippen molar-refractivity contribution in [3.8, 4) is 5.75 Å². The Labute approximate surface area is 109 Å². The van der Waals surface area contributed by atoms with E-state index in [0.717, 1.165) is 4.88 Å². The molecule has 2 aromatic rings. The minimum atomic E-state index is -0.452. The van der Waals surface area contributed by atoms with Crippen molar-refractivity contribution in [3.05, 3.63) is 49.4 Å². The third-order valence-electron chi connectivity index (χ3n) is 1.98. The first-order chi connectivity index (χ1) is 8.16. The van der Waals surface area contributed by atoms with Gasteiger partial charge in [0.1, 0.15) is 12.4 Å². The predicted octanol–water partition coefficient (Wildman–Crippen LogP) is 3.39. The van der Waals surface area contributed by atoms with Crippen molar-refractivity contribution < 1.29 is 9.66 Å². The standard InChI is InChI=1S/C10H7BrN2O3S/c11-9-2-1-7(13(14)15)3-10(9)16-5-8-4-12-6-17-8/h1-4,6H,5H2. The molecule has 0 N–H and O–H groups in total. The Bertz CT molecular complexity index is 530. The maximum absolute atomic E-state index is 10.6. The van der Waals surface area contributed by atoms with E-state index in [0.29, 0.717) is 16.8 Å². The highest BCUT2D eigenvalue weighted by Gasteiger charge is 2.10. The highest BCUT2D eigenvalue weighted by Crippen LogP contribution is 2.30. The summed E-state index contributed by atoms with van der Waals surface area (Å²) in [4.78, 5) is 15.1. The molecule has 5 nitrogen and oxygen atoms in total. The number of nitro benzene ring substituents is 1. The van der Waals surface area contributed by atoms with Crippen LogP contribution in [0.3, 0.4) is 0 Å². The van der Waals surface area contributed by atoms with E-state index in [1.54, 1.807) is 17.8 Å². The third kappa shape index (κ3) is 3.01. The molecule has 88 valence electrons. The molecule has 0 saturated heterocycles. The number of nitro groups is 1. The normalized spacial score (nSPS) is 10.2. The largest absolute Gasteiger partial charge is 0.487 e. The Hall–Kier alpha value is -1.47. The molecule has 0 aliphatic carbocycles. The highest BCUT2D eigenvalue weighted by atomic mass is 79.9. The summed E-state index contributed by atoms with van der Waals surface area (Å²) in [6, 6.07) is 4.41. The summed E-state index contributed by atoms with van der Waals surface area (Å²) in [6.45, 7) is 0.352. The van der Waals surface area contributed by atoms with Crippen molar-refractivity contribution in [1.82, 2.24) is 4.98 Å². The molecule has 0 bridgehead atoms. The average Bonchev–Trinajstić information content (AvgIpc) is 2.80. The van der Waals surface area contributed by atoms with Crippen LogP contribution in [0.4, 0.5) is 5.69 Å². The number of ether oxygens (including phenoxy) is 1. The number of hydrogen-bond acceptors (Lipinski definition) is 5. The molecule has 1 aromatic heterocycles. The minimum Gasteiger partial charge on any atom is -0.487 e. The van der Waals surface area contributed by atoms with Gasteiger partial charge in [0, 0.05) is 12.3 Å². The van der Waals surface area contributed by atoms with Crippen LogP contribution in [0.1, 0.15) is 4.88 Å². The van der Waals surface area contributed by atoms with Gasteiger partial charge in [0.15, 0.2) is 0 Å². The molecule has 0 saturated carbocycles. The van der Waals surface area contributed by atoms with Crippen LogP contribution < -0.4 is 4.74 Å². The molecule has 0 atom stereocenters. The van der Waals surface area contributed by atoms with Crippen molar-refractivity contribution in [2.45, 2.75) is 6.61 Å². The van der Waals surface area contributed by atoms with E-state index >= 15 is 0 Å². The second kappa shape index (κ2) is 5.24. The number of benzene rings is 1. The van der Waals surface area contributed by atoms with Crippen molar-refractivity contribution in [3.63, 3.8) is 0 Å². The predicted molar refractivity (Wildman–Crippen MR) is 67.2 cm³/mol. The quantitative estimate of drug-likeness (QED) is 0.641. The van der Waals surface area contributed by atoms with E-state index in [9.17, 15) is 10.1 Å². The lowest BCUT2D eigenvalue weighted by atomic mass is 10.3. The summed E-state index contributed by atoms with van der Waals surface area (Å²) in [5, 5.41) is 10.6. The molecule has 7 heteroatoms. The minimum absolute atomic E-state index is 0.00695. The zero-order valence-corrected chi connectivity index (χ0v) is 10.9. The molecular formula is C10H7BrN2O3S. The zero-order chi connectivity index (χ0) is 12.3. The van der Waals surface area contributed by atoms with Crippen LogP contribution in [0.2, 0.25) is 0 Å². The van der Waals surface area contributed by atoms with Crippen LogP contribution in [0, 0.1) is 10.1 Å². The lowest BCUT2D eigenvalue weighted by Crippen LogP contribution is -1.95. The van der Waals surface area contributed by atoms with E-state index in [-0.39, 0.29) is 5.69 Å². The van der Waals surface area contributed by atoms with Crippen LogP contribution in [0.25, 0.3) is 0 Å². The van der Waals surface area contributed by atoms with Crippen LogP contribution in [0.15, 0.2) is 34.4 Å². The number of rotatable bonds is 4. The van der Waals surface area contributed by atoms with Gasteiger partial charge in [0.05, 0.1) is 25.9 Å². The van der Waals surface area contributed by atoms with Gasteiger partial charge < -0.3 is 4.74 Å². The molecule has 0 fully saturated rings. The second-order valence-electron chi connectivity index (χ2n) is 3.13. The van der Waals surface area contributed by atoms with E-state index in [1.165, 1.54) is 23.5 Å². The van der Waals surface area contributed by atoms with Crippen LogP contribution >= 0.6 is 27.3 Å². The fourth-order valence-corrected chi connectivity index (χ4v) is 2.05. The Morgan fingerprint density at radius 2 is 2.35 bits per heavy atom. The van der Waals surface area contributed by atoms with Crippen molar-refractivity contribution in [2.24, 2.45) is 0 Å². The van der Waals surface area contributed by atoms with E-state index in [4.69, 9.17) is 4.74 Å². The molecule has 0 aliphatic rings. The van der Waals surface area contributed by atoms with Crippen molar-refractivity contribution in [1.29, 1.82) is 0 Å². The number of hydrogen-bond donors (Lipinski definition) is 0. The maximum atomic E-state index is 10.6. The molecular weight excluding hydrogens is 308 g/mol. The monoisotopic (exact) mass is 314 g/mol. The number of non-ortho nitro benzene ring substituents is 1. The number of nitrogens with zero attached hydrogens (tertiary/aromatic N) is 2. The van der Waals surface area contributed by atoms with Crippen LogP contribution in [0.5, 0.6) is 5.75 Å². The molecule has 0 radical (unpaired) electrons. The number of thiazole rings is 1. The fraction of sp³-hybridized carbons (Fsp3) is 0.100. The average molecular weight is 315 g/mol. The van der Waals surface area contributed by atoms with E-state index in [2.05, 4.69) is 20.9 Å². The maximum Gasteiger partial charge on any atom is 0.273 e. The summed E-state index contributed by atoms with van der Waals surface area (Å²) >= 11 is 4.76. The Kier molecular flexibility index (Phi) is 3.70. The Morgan fingerprint density at radius 3 is 3.00 bits per heavy atom. The molecule has 2 rings (SSSR count). The van der Waals surface area contributed by atoms with Gasteiger partial charge in [0.25, 0.3) is 5.69 Å². The molecule has 0 amide bonds. The van der Waals surface area contributed by atoms with Gasteiger partial charge in [-0.05, 0) is 22.0 Å². The summed E-state index contributed by atoms with van der Waals surface area (Å²) in [7, 11) is 0. The zero-order valence-electron chi connectivity index (χ0n) is 8.50. The number of aromatic nitrogens is 1. The summed E-state index contributed by atoms with van der Waals surface area (Å²) in [6.07, 6.45) is 1.70. The van der Waals surface area contributed by atoms with Gasteiger partial charge in [-0.3, -0.25) is 15.1 Å². The van der Waals surface area contributed by atoms with Gasteiger partial charge in [-0.15, -0.1) is 11.3 Å². The van der Waals surface area contributed by atoms with Gasteiger partial charge in [-0.1, -0.05) is 0 Å². The highest BCUT2D eigenvalue weighted by molar-refractivity contribution is 9.10. The fourth-order valence-electron chi connectivity index (χ4n) is 1.18. The van der Waals surface area contributed by atoms with Gasteiger partial charge in [-0.25, -0.2) is 0 Å². The lowest BCUT2D eigenvalue weighted by molar-refractivity contribution is -0.385. The first-order valence-corrected chi connectivity index (χ1v) is 6.28. The van der Waals surface area contributed by atoms with Gasteiger partial charge >= 0.3 is 0 Å². The Morgan fingerprint density at radius 1 is 1.53 bits per heavy atom. The first-order valence-electron chi connectivity index (χ1n) is 4.61. The Balaban J connectivity index is 2.14. The summed E-state index contributed by atoms with van der Waals surface area (Å²) < 4.78 is 6.18. The topological polar surface area (TPSA) is 65.3 Å². The third-order valence-corrected chi connectivity index (χ3v) is 3.39. The van der Waals surface area contributed by atoms with Crippen LogP contribution in [-0.2, 0) is 6.61 Å². The molecule has 1 aromatic carbocycles. The van der Waals surface area contributed by atoms with Gasteiger partial charge in [0.2, 0.25) is 0 Å². The molecule has 1 heterocycles. The molecule has 0 unspecified atom stereocenters. The first kappa shape index (κ1) is 12.0. The van der Waals surface area contributed by atoms with E-state index in [1.807, 2.05) is 0 Å². The van der Waals surface area contributed by atoms with Crippen molar-refractivity contribution in [2.75, 3.05) is 0 Å². The molecule has 0 spiro atoms. The van der Waals surface area contributed by atoms with E-state index < -0.39 is 4.92 Å². The summed E-state index contributed by atoms with van der Waals surface area (Å²) in [5.41, 5.74) is 1.72. The van der Waals surface area contributed by atoms with Crippen molar-refractivity contribution >= 4 is 33.0 Å². The second-order valence-corrected chi connectivity index (χ2v) is 4.95. The lowest BCUT2D eigenvalue weighted by Gasteiger charge is -2.06. The smallest absolute Gasteiger partial charge is 0.273 e. The number of halogens is 1. The summed E-state index contributed by atoms with van der Waals surface area (Å²) in [5.74, 6) is 0.451. The molecule has 0 aliphatic heterocycles. The molecule has 17 heavy (non-hydrogen) atoms. The van der Waals surface area contributed by atoms with Gasteiger partial charge in [-0.2, -0.15) is 0 Å².